The van der Waals surface area contributed by atoms with Gasteiger partial charge in [-0.3, -0.25) is 4.79 Å². The molecule has 24 heavy (non-hydrogen) atoms. The summed E-state index contributed by atoms with van der Waals surface area (Å²) in [4.78, 5) is 16.7. The van der Waals surface area contributed by atoms with Crippen LogP contribution in [0.3, 0.4) is 0 Å². The number of hydrogen-bond acceptors (Lipinski definition) is 5. The molecule has 0 bridgehead atoms. The van der Waals surface area contributed by atoms with Gasteiger partial charge in [-0.25, -0.2) is 4.98 Å². The number of benzene rings is 2. The average Bonchev–Trinajstić information content (AvgIpc) is 2.96. The molecule has 0 spiro atoms. The Morgan fingerprint density at radius 3 is 2.92 bits per heavy atom. The number of anilines is 1. The maximum absolute atomic E-state index is 12.4. The Kier molecular flexibility index (Phi) is 4.97. The summed E-state index contributed by atoms with van der Waals surface area (Å²) in [5, 5.41) is 3.48. The van der Waals surface area contributed by atoms with E-state index in [0.29, 0.717) is 32.8 Å². The first kappa shape index (κ1) is 16.7. The molecule has 0 radical (unpaired) electrons. The third-order valence-electron chi connectivity index (χ3n) is 3.34. The number of amides is 1. The lowest BCUT2D eigenvalue weighted by atomic mass is 10.3. The van der Waals surface area contributed by atoms with Crippen molar-refractivity contribution >= 4 is 46.1 Å². The number of para-hydroxylation sites is 2. The summed E-state index contributed by atoms with van der Waals surface area (Å²) >= 11 is 7.18. The molecule has 0 saturated heterocycles. The van der Waals surface area contributed by atoms with Crippen LogP contribution < -0.4 is 10.1 Å². The van der Waals surface area contributed by atoms with Crippen molar-refractivity contribution in [1.29, 1.82) is 0 Å². The maximum Gasteiger partial charge on any atom is 0.257 e. The molecule has 0 fully saturated rings. The monoisotopic (exact) mass is 362 g/mol. The Balaban J connectivity index is 1.71. The second-order valence-electron chi connectivity index (χ2n) is 5.04. The summed E-state index contributed by atoms with van der Waals surface area (Å²) in [6.45, 7) is 1.79. The van der Waals surface area contributed by atoms with Crippen molar-refractivity contribution < 1.29 is 13.9 Å². The van der Waals surface area contributed by atoms with Gasteiger partial charge >= 0.3 is 0 Å². The van der Waals surface area contributed by atoms with Gasteiger partial charge in [-0.1, -0.05) is 35.5 Å². The second kappa shape index (κ2) is 7.15. The van der Waals surface area contributed by atoms with Gasteiger partial charge in [-0.15, -0.1) is 0 Å². The van der Waals surface area contributed by atoms with E-state index in [9.17, 15) is 4.79 Å². The number of methoxy groups -OCH3 is 1. The number of hydrogen-bond donors (Lipinski definition) is 1. The summed E-state index contributed by atoms with van der Waals surface area (Å²) < 4.78 is 10.9. The Labute approximate surface area is 148 Å². The number of nitrogens with zero attached hydrogens (tertiary/aromatic N) is 1. The number of ether oxygens (including phenoxy) is 1. The zero-order valence-electron chi connectivity index (χ0n) is 13.1. The van der Waals surface area contributed by atoms with Crippen LogP contribution in [0.4, 0.5) is 5.69 Å². The molecule has 2 aromatic carbocycles. The number of nitrogens with one attached hydrogen (secondary N) is 1. The van der Waals surface area contributed by atoms with Crippen molar-refractivity contribution in [3.8, 4) is 5.75 Å². The molecular weight excluding hydrogens is 348 g/mol. The highest BCUT2D eigenvalue weighted by atomic mass is 35.5. The number of oxazole rings is 1. The molecule has 1 aromatic heterocycles. The molecule has 5 nitrogen and oxygen atoms in total. The Morgan fingerprint density at radius 2 is 2.12 bits per heavy atom. The van der Waals surface area contributed by atoms with Crippen LogP contribution in [0.5, 0.6) is 5.75 Å². The van der Waals surface area contributed by atoms with E-state index in [1.807, 2.05) is 12.1 Å². The molecule has 0 aliphatic carbocycles. The normalized spacial score (nSPS) is 12.1. The molecule has 7 heteroatoms. The van der Waals surface area contributed by atoms with Gasteiger partial charge in [-0.05, 0) is 37.3 Å². The summed E-state index contributed by atoms with van der Waals surface area (Å²) in [5.41, 5.74) is 1.93. The predicted octanol–water partition coefficient (Wildman–Crippen LogP) is 4.61. The van der Waals surface area contributed by atoms with Crippen molar-refractivity contribution in [2.75, 3.05) is 12.4 Å². The van der Waals surface area contributed by atoms with E-state index in [1.165, 1.54) is 11.8 Å². The third kappa shape index (κ3) is 3.66. The molecule has 1 amide bonds. The van der Waals surface area contributed by atoms with Crippen molar-refractivity contribution in [1.82, 2.24) is 4.98 Å². The molecule has 1 unspecified atom stereocenters. The van der Waals surface area contributed by atoms with E-state index in [4.69, 9.17) is 20.8 Å². The highest BCUT2D eigenvalue weighted by Gasteiger charge is 2.19. The summed E-state index contributed by atoms with van der Waals surface area (Å²) in [7, 11) is 1.56. The van der Waals surface area contributed by atoms with E-state index in [2.05, 4.69) is 10.3 Å². The van der Waals surface area contributed by atoms with E-state index >= 15 is 0 Å². The largest absolute Gasteiger partial charge is 0.495 e. The fourth-order valence-electron chi connectivity index (χ4n) is 2.12. The molecule has 0 aliphatic heterocycles. The van der Waals surface area contributed by atoms with Gasteiger partial charge in [0.2, 0.25) is 5.91 Å². The van der Waals surface area contributed by atoms with Gasteiger partial charge in [0.05, 0.1) is 18.0 Å². The summed E-state index contributed by atoms with van der Waals surface area (Å²) in [6.07, 6.45) is 0. The molecule has 1 atom stereocenters. The Morgan fingerprint density at radius 1 is 1.33 bits per heavy atom. The van der Waals surface area contributed by atoms with E-state index in [-0.39, 0.29) is 5.91 Å². The quantitative estimate of drug-likeness (QED) is 0.671. The average molecular weight is 363 g/mol. The van der Waals surface area contributed by atoms with E-state index < -0.39 is 5.25 Å². The lowest BCUT2D eigenvalue weighted by molar-refractivity contribution is -0.115. The standard InChI is InChI=1S/C17H15ClN2O3S/c1-10(16(21)19-12-5-3-4-6-14(12)22-2)24-17-20-13-9-11(18)7-8-15(13)23-17/h3-10H,1-2H3,(H,19,21). The van der Waals surface area contributed by atoms with Gasteiger partial charge in [0.25, 0.3) is 5.22 Å². The molecular formula is C17H15ClN2O3S. The van der Waals surface area contributed by atoms with Gasteiger partial charge in [0, 0.05) is 5.02 Å². The molecule has 3 rings (SSSR count). The van der Waals surface area contributed by atoms with Crippen LogP contribution in [-0.4, -0.2) is 23.3 Å². The smallest absolute Gasteiger partial charge is 0.257 e. The number of carbonyl (C=O) groups is 1. The number of fused-ring (bicyclic) bond motifs is 1. The number of thioether (sulfide) groups is 1. The molecule has 0 saturated carbocycles. The highest BCUT2D eigenvalue weighted by molar-refractivity contribution is 8.00. The van der Waals surface area contributed by atoms with Crippen LogP contribution in [-0.2, 0) is 4.79 Å². The minimum Gasteiger partial charge on any atom is -0.495 e. The fourth-order valence-corrected chi connectivity index (χ4v) is 3.04. The van der Waals surface area contributed by atoms with Crippen LogP contribution in [0.25, 0.3) is 11.1 Å². The zero-order chi connectivity index (χ0) is 17.1. The van der Waals surface area contributed by atoms with Crippen LogP contribution >= 0.6 is 23.4 Å². The summed E-state index contributed by atoms with van der Waals surface area (Å²) in [5.74, 6) is 0.448. The second-order valence-corrected chi connectivity index (χ2v) is 6.77. The predicted molar refractivity (Wildman–Crippen MR) is 96.0 cm³/mol. The molecule has 0 aliphatic rings. The molecule has 124 valence electrons. The summed E-state index contributed by atoms with van der Waals surface area (Å²) in [6, 6.07) is 12.5. The SMILES string of the molecule is COc1ccccc1NC(=O)C(C)Sc1nc2cc(Cl)ccc2o1. The van der Waals surface area contributed by atoms with Gasteiger partial charge in [0.15, 0.2) is 5.58 Å². The van der Waals surface area contributed by atoms with Crippen molar-refractivity contribution in [3.63, 3.8) is 0 Å². The van der Waals surface area contributed by atoms with Gasteiger partial charge < -0.3 is 14.5 Å². The minimum atomic E-state index is -0.390. The topological polar surface area (TPSA) is 64.4 Å². The lowest BCUT2D eigenvalue weighted by Gasteiger charge is -2.12. The molecule has 1 heterocycles. The number of carbonyl (C=O) groups excluding carboxylic acids is 1. The van der Waals surface area contributed by atoms with Crippen LogP contribution in [0.1, 0.15) is 6.92 Å². The van der Waals surface area contributed by atoms with Crippen molar-refractivity contribution in [2.45, 2.75) is 17.4 Å². The van der Waals surface area contributed by atoms with Crippen LogP contribution in [0.15, 0.2) is 52.1 Å². The lowest BCUT2D eigenvalue weighted by Crippen LogP contribution is -2.22. The number of aromatic nitrogens is 1. The minimum absolute atomic E-state index is 0.162. The highest BCUT2D eigenvalue weighted by Crippen LogP contribution is 2.29. The van der Waals surface area contributed by atoms with Gasteiger partial charge in [0.1, 0.15) is 11.3 Å². The number of halogens is 1. The Bertz CT molecular complexity index is 881. The third-order valence-corrected chi connectivity index (χ3v) is 4.52. The zero-order valence-corrected chi connectivity index (χ0v) is 14.6. The first-order valence-electron chi connectivity index (χ1n) is 7.23. The first-order valence-corrected chi connectivity index (χ1v) is 8.49. The van der Waals surface area contributed by atoms with Crippen LogP contribution in [0.2, 0.25) is 5.02 Å². The molecule has 3 aromatic rings. The maximum atomic E-state index is 12.4. The van der Waals surface area contributed by atoms with E-state index in [1.54, 1.807) is 44.4 Å². The van der Waals surface area contributed by atoms with Crippen molar-refractivity contribution in [2.24, 2.45) is 0 Å². The van der Waals surface area contributed by atoms with Crippen LogP contribution in [0, 0.1) is 0 Å². The fraction of sp³-hybridized carbons (Fsp3) is 0.176. The first-order chi connectivity index (χ1) is 11.6. The van der Waals surface area contributed by atoms with Gasteiger partial charge in [-0.2, -0.15) is 0 Å². The molecule has 1 N–H and O–H groups in total. The van der Waals surface area contributed by atoms with E-state index in [0.717, 1.165) is 0 Å². The number of rotatable bonds is 5. The Hall–Kier alpha value is -2.18. The van der Waals surface area contributed by atoms with Crippen molar-refractivity contribution in [3.05, 3.63) is 47.5 Å².